The lowest BCUT2D eigenvalue weighted by Gasteiger charge is -2.41. The zero-order chi connectivity index (χ0) is 54.7. The molecule has 4 atom stereocenters. The number of pyridine rings is 2. The molecule has 12 rings (SSSR count). The van der Waals surface area contributed by atoms with Crippen LogP contribution in [0.5, 0.6) is 11.8 Å². The molecule has 0 saturated carbocycles. The maximum atomic E-state index is 17.5. The highest BCUT2D eigenvalue weighted by atomic mass is 35.5. The number of hydrogen-bond donors (Lipinski definition) is 2. The first-order chi connectivity index (χ1) is 37.5. The third kappa shape index (κ3) is 7.97. The van der Waals surface area contributed by atoms with E-state index in [0.29, 0.717) is 47.0 Å². The number of halogens is 4. The second-order valence-electron chi connectivity index (χ2n) is 20.8. The molecule has 4 aromatic heterocycles. The summed E-state index contributed by atoms with van der Waals surface area (Å²) in [5.74, 6) is -1.68. The fourth-order valence-corrected chi connectivity index (χ4v) is 13.8. The number of fused-ring (bicyclic) bond motifs is 8. The van der Waals surface area contributed by atoms with Crippen LogP contribution in [0.3, 0.4) is 0 Å². The van der Waals surface area contributed by atoms with Crippen molar-refractivity contribution in [1.82, 2.24) is 29.3 Å². The molecule has 0 aliphatic carbocycles. The summed E-state index contributed by atoms with van der Waals surface area (Å²) in [5.41, 5.74) is 7.75. The number of alkyl halides is 1. The van der Waals surface area contributed by atoms with Crippen molar-refractivity contribution in [3.05, 3.63) is 109 Å². The molecule has 78 heavy (non-hydrogen) atoms. The molecule has 0 radical (unpaired) electrons. The molecule has 7 aromatic rings. The van der Waals surface area contributed by atoms with Crippen LogP contribution >= 0.6 is 22.9 Å². The molecule has 5 aliphatic heterocycles. The minimum Gasteiger partial charge on any atom is -0.489 e. The number of carbonyl (C=O) groups excluding carboxylic acids is 2. The molecule has 0 unspecified atom stereocenters. The van der Waals surface area contributed by atoms with Crippen LogP contribution in [0.2, 0.25) is 5.02 Å². The SMILES string of the molecule is C/C=C(\COc1ccc2nc3c(c(CC)c2c1)Cn1c-3cc2c(c1=O)COC(=O)[C@]2(O)CC)C(=O)N1CCN(c2nc(OC[C@@]34CCCN3C[C@H](F)C4)nc3c(F)c(-c4ccc(F)c5sc(N)c(C#N)c45)c(Cl)cc23)[C@@H](C)C1. The van der Waals surface area contributed by atoms with Gasteiger partial charge in [-0.3, -0.25) is 14.5 Å². The highest BCUT2D eigenvalue weighted by molar-refractivity contribution is 7.23. The van der Waals surface area contributed by atoms with Crippen molar-refractivity contribution < 1.29 is 42.1 Å². The fourth-order valence-electron chi connectivity index (χ4n) is 12.6. The van der Waals surface area contributed by atoms with E-state index in [1.54, 1.807) is 47.6 Å². The molecule has 0 spiro atoms. The molecule has 5 aliphatic rings. The third-order valence-electron chi connectivity index (χ3n) is 16.6. The number of piperazine rings is 1. The number of nitrogen functional groups attached to an aromatic ring is 1. The minimum atomic E-state index is -1.94. The van der Waals surface area contributed by atoms with Crippen molar-refractivity contribution in [1.29, 1.82) is 5.26 Å². The van der Waals surface area contributed by atoms with E-state index in [1.165, 1.54) is 12.1 Å². The lowest BCUT2D eigenvalue weighted by atomic mass is 9.86. The predicted octanol–water partition coefficient (Wildman–Crippen LogP) is 8.87. The first kappa shape index (κ1) is 51.4. The number of cyclic esters (lactones) is 1. The van der Waals surface area contributed by atoms with Crippen LogP contribution in [0.1, 0.15) is 81.2 Å². The van der Waals surface area contributed by atoms with Gasteiger partial charge in [0.15, 0.2) is 11.4 Å². The maximum absolute atomic E-state index is 17.5. The van der Waals surface area contributed by atoms with Crippen LogP contribution in [0.4, 0.5) is 24.0 Å². The third-order valence-corrected chi connectivity index (χ3v) is 17.9. The predicted molar refractivity (Wildman–Crippen MR) is 289 cm³/mol. The Hall–Kier alpha value is -7.31. The Labute approximate surface area is 454 Å². The number of amides is 1. The monoisotopic (exact) mass is 1100 g/mol. The highest BCUT2D eigenvalue weighted by Gasteiger charge is 2.50. The lowest BCUT2D eigenvalue weighted by molar-refractivity contribution is -0.172. The number of aryl methyl sites for hydroxylation is 1. The van der Waals surface area contributed by atoms with E-state index in [4.69, 9.17) is 41.5 Å². The van der Waals surface area contributed by atoms with E-state index < -0.39 is 34.9 Å². The quantitative estimate of drug-likeness (QED) is 0.0918. The van der Waals surface area contributed by atoms with Gasteiger partial charge in [0, 0.05) is 71.5 Å². The Balaban J connectivity index is 0.810. The average molecular weight is 1100 g/mol. The fraction of sp³-hybridized carbons (Fsp3) is 0.386. The summed E-state index contributed by atoms with van der Waals surface area (Å²) in [4.78, 5) is 61.3. The second-order valence-corrected chi connectivity index (χ2v) is 22.3. The Morgan fingerprint density at radius 2 is 1.88 bits per heavy atom. The van der Waals surface area contributed by atoms with E-state index in [2.05, 4.69) is 9.88 Å². The van der Waals surface area contributed by atoms with Gasteiger partial charge in [0.05, 0.1) is 55.4 Å². The normalized spacial score (nSPS) is 21.9. The largest absolute Gasteiger partial charge is 0.489 e. The first-order valence-corrected chi connectivity index (χ1v) is 27.3. The van der Waals surface area contributed by atoms with Gasteiger partial charge in [0.2, 0.25) is 0 Å². The average Bonchev–Trinajstić information content (AvgIpc) is 4.33. The number of ether oxygens (including phenoxy) is 3. The molecule has 3 fully saturated rings. The summed E-state index contributed by atoms with van der Waals surface area (Å²) >= 11 is 7.90. The van der Waals surface area contributed by atoms with Gasteiger partial charge in [-0.05, 0) is 93.6 Å². The standard InChI is InChI=1S/C57H53ClF3N9O7S/c1-5-29(25-75-31-9-12-42-34(17-31)32(6-2)37-24-70-43(47(37)64-42)19-39-38(53(70)72)26-76-54(73)57(39,74)7-3)52(71)67-15-16-69(28(4)22-67)51-35-18-40(58)45(33-10-11-41(60)49-44(33)36(21-62)50(63)78-49)46(61)48(35)65-55(66-51)77-27-56-13-8-14-68(56)23-30(59)20-56/h5,9-12,17-19,28,30,74H,6-8,13-16,20,22-27,63H2,1-4H3/b29-5+/t28-,30+,56-,57-/m0/s1. The van der Waals surface area contributed by atoms with Gasteiger partial charge in [-0.25, -0.2) is 22.9 Å². The van der Waals surface area contributed by atoms with Crippen molar-refractivity contribution in [2.75, 3.05) is 56.6 Å². The van der Waals surface area contributed by atoms with Crippen molar-refractivity contribution in [3.8, 4) is 40.3 Å². The van der Waals surface area contributed by atoms with Crippen LogP contribution in [-0.2, 0) is 39.5 Å². The van der Waals surface area contributed by atoms with E-state index >= 15 is 8.78 Å². The molecule has 21 heteroatoms. The Bertz CT molecular complexity index is 3880. The molecular formula is C57H53ClF3N9O7S. The molecule has 3 saturated heterocycles. The van der Waals surface area contributed by atoms with Crippen LogP contribution < -0.4 is 25.7 Å². The van der Waals surface area contributed by atoms with Crippen molar-refractivity contribution >= 4 is 77.5 Å². The number of rotatable bonds is 11. The summed E-state index contributed by atoms with van der Waals surface area (Å²) < 4.78 is 67.2. The van der Waals surface area contributed by atoms with E-state index in [1.807, 2.05) is 36.9 Å². The zero-order valence-electron chi connectivity index (χ0n) is 43.1. The number of hydrogen-bond acceptors (Lipinski definition) is 15. The van der Waals surface area contributed by atoms with E-state index in [9.17, 15) is 29.1 Å². The van der Waals surface area contributed by atoms with Crippen LogP contribution in [0, 0.1) is 23.0 Å². The number of nitrogens with two attached hydrogens (primary N) is 1. The summed E-state index contributed by atoms with van der Waals surface area (Å²) in [6, 6.07) is 12.8. The van der Waals surface area contributed by atoms with Gasteiger partial charge >= 0.3 is 12.0 Å². The van der Waals surface area contributed by atoms with E-state index in [-0.39, 0.29) is 141 Å². The Morgan fingerprint density at radius 1 is 1.06 bits per heavy atom. The Morgan fingerprint density at radius 3 is 2.64 bits per heavy atom. The summed E-state index contributed by atoms with van der Waals surface area (Å²) in [5, 5.41) is 22.7. The first-order valence-electron chi connectivity index (χ1n) is 26.1. The number of nitrogens with zero attached hydrogens (tertiary/aromatic N) is 8. The van der Waals surface area contributed by atoms with Crippen molar-refractivity contribution in [2.45, 2.75) is 96.3 Å². The highest BCUT2D eigenvalue weighted by Crippen LogP contribution is 2.47. The number of carbonyl (C=O) groups is 2. The van der Waals surface area contributed by atoms with Crippen LogP contribution in [0.15, 0.2) is 58.9 Å². The molecule has 402 valence electrons. The van der Waals surface area contributed by atoms with E-state index in [0.717, 1.165) is 47.2 Å². The minimum absolute atomic E-state index is 0.00176. The molecule has 0 bridgehead atoms. The van der Waals surface area contributed by atoms with Crippen LogP contribution in [-0.4, -0.2) is 110 Å². The lowest BCUT2D eigenvalue weighted by Crippen LogP contribution is -2.54. The maximum Gasteiger partial charge on any atom is 0.343 e. The second kappa shape index (κ2) is 19.3. The summed E-state index contributed by atoms with van der Waals surface area (Å²) in [6.45, 7) is 9.24. The molecule has 1 amide bonds. The van der Waals surface area contributed by atoms with Gasteiger partial charge in [0.1, 0.15) is 60.0 Å². The van der Waals surface area contributed by atoms with Gasteiger partial charge in [-0.15, -0.1) is 11.3 Å². The number of aromatic nitrogens is 4. The van der Waals surface area contributed by atoms with Gasteiger partial charge in [-0.2, -0.15) is 15.2 Å². The van der Waals surface area contributed by atoms with Gasteiger partial charge in [0.25, 0.3) is 11.5 Å². The molecule has 3 aromatic carbocycles. The number of benzene rings is 3. The van der Waals surface area contributed by atoms with Crippen molar-refractivity contribution in [2.24, 2.45) is 0 Å². The number of esters is 1. The molecule has 9 heterocycles. The molecular weight excluding hydrogens is 1050 g/mol. The number of allylic oxidation sites excluding steroid dienone is 1. The smallest absolute Gasteiger partial charge is 0.343 e. The Kier molecular flexibility index (Phi) is 12.7. The summed E-state index contributed by atoms with van der Waals surface area (Å²) in [6.07, 6.45) is 3.24. The van der Waals surface area contributed by atoms with Crippen molar-refractivity contribution in [3.63, 3.8) is 0 Å². The van der Waals surface area contributed by atoms with Gasteiger partial charge in [-0.1, -0.05) is 37.6 Å². The number of nitriles is 1. The van der Waals surface area contributed by atoms with Gasteiger partial charge < -0.3 is 39.4 Å². The topological polar surface area (TPSA) is 202 Å². The van der Waals surface area contributed by atoms with Crippen LogP contribution in [0.25, 0.3) is 54.4 Å². The number of aliphatic hydroxyl groups is 1. The number of anilines is 2. The molecule has 3 N–H and O–H groups in total. The summed E-state index contributed by atoms with van der Waals surface area (Å²) in [7, 11) is 0. The number of thiophene rings is 1. The zero-order valence-corrected chi connectivity index (χ0v) is 44.7. The molecule has 16 nitrogen and oxygen atoms in total.